The average molecular weight is 340 g/mol. The molecule has 0 saturated carbocycles. The molecule has 0 aliphatic rings. The van der Waals surface area contributed by atoms with Gasteiger partial charge in [-0.15, -0.1) is 0 Å². The fourth-order valence-electron chi connectivity index (χ4n) is 2.50. The highest BCUT2D eigenvalue weighted by Crippen LogP contribution is 2.31. The van der Waals surface area contributed by atoms with Gasteiger partial charge in [-0.3, -0.25) is 5.10 Å². The van der Waals surface area contributed by atoms with Crippen molar-refractivity contribution in [3.8, 4) is 28.6 Å². The van der Waals surface area contributed by atoms with Gasteiger partial charge in [0.05, 0.1) is 19.8 Å². The summed E-state index contributed by atoms with van der Waals surface area (Å²) >= 11 is 0. The van der Waals surface area contributed by atoms with E-state index >= 15 is 0 Å². The molecule has 130 valence electrons. The molecule has 2 aromatic carbocycles. The fraction of sp³-hybridized carbons (Fsp3) is 0.222. The molecule has 0 spiro atoms. The van der Waals surface area contributed by atoms with E-state index in [9.17, 15) is 5.11 Å². The monoisotopic (exact) mass is 340 g/mol. The van der Waals surface area contributed by atoms with E-state index in [1.807, 2.05) is 31.2 Å². The third kappa shape index (κ3) is 3.56. The maximum Gasteiger partial charge on any atom is 0.181 e. The smallest absolute Gasteiger partial charge is 0.181 e. The highest BCUT2D eigenvalue weighted by molar-refractivity contribution is 5.57. The van der Waals surface area contributed by atoms with Gasteiger partial charge in [0.1, 0.15) is 11.6 Å². The lowest BCUT2D eigenvalue weighted by Crippen LogP contribution is -2.14. The van der Waals surface area contributed by atoms with Crippen molar-refractivity contribution in [2.24, 2.45) is 5.73 Å². The Balaban J connectivity index is 1.87. The van der Waals surface area contributed by atoms with Crippen molar-refractivity contribution >= 4 is 0 Å². The number of nitrogens with zero attached hydrogens (tertiary/aromatic N) is 2. The highest BCUT2D eigenvalue weighted by Gasteiger charge is 2.17. The summed E-state index contributed by atoms with van der Waals surface area (Å²) in [5, 5.41) is 16.6. The maximum atomic E-state index is 9.58. The number of phenols is 1. The second kappa shape index (κ2) is 7.23. The third-order valence-electron chi connectivity index (χ3n) is 3.75. The molecule has 3 rings (SSSR count). The van der Waals surface area contributed by atoms with E-state index in [0.717, 1.165) is 5.56 Å². The molecule has 0 fully saturated rings. The Hall–Kier alpha value is -3.06. The van der Waals surface area contributed by atoms with Gasteiger partial charge in [0.25, 0.3) is 0 Å². The lowest BCUT2D eigenvalue weighted by molar-refractivity contribution is 0.310. The Bertz CT molecular complexity index is 863. The quantitative estimate of drug-likeness (QED) is 0.637. The van der Waals surface area contributed by atoms with Gasteiger partial charge in [0.2, 0.25) is 0 Å². The number of benzene rings is 2. The third-order valence-corrected chi connectivity index (χ3v) is 3.75. The van der Waals surface area contributed by atoms with Crippen LogP contribution in [-0.2, 0) is 0 Å². The number of hydrogen-bond acceptors (Lipinski definition) is 6. The maximum absolute atomic E-state index is 9.58. The first-order valence-corrected chi connectivity index (χ1v) is 7.90. The van der Waals surface area contributed by atoms with Crippen LogP contribution in [-0.4, -0.2) is 34.0 Å². The molecule has 25 heavy (non-hydrogen) atoms. The summed E-state index contributed by atoms with van der Waals surface area (Å²) < 4.78 is 10.9. The van der Waals surface area contributed by atoms with E-state index in [1.54, 1.807) is 25.3 Å². The average Bonchev–Trinajstić information content (AvgIpc) is 3.12. The summed E-state index contributed by atoms with van der Waals surface area (Å²) in [5.41, 5.74) is 7.83. The van der Waals surface area contributed by atoms with E-state index in [4.69, 9.17) is 15.2 Å². The van der Waals surface area contributed by atoms with E-state index in [0.29, 0.717) is 35.3 Å². The number of phenolic OH excluding ortho intramolecular Hbond substituents is 1. The first-order valence-electron chi connectivity index (χ1n) is 7.90. The van der Waals surface area contributed by atoms with Crippen molar-refractivity contribution in [3.63, 3.8) is 0 Å². The first-order chi connectivity index (χ1) is 12.1. The van der Waals surface area contributed by atoms with Crippen LogP contribution >= 0.6 is 0 Å². The number of H-pyrrole nitrogens is 1. The van der Waals surface area contributed by atoms with Crippen LogP contribution in [0.3, 0.4) is 0 Å². The second-order valence-corrected chi connectivity index (χ2v) is 5.42. The van der Waals surface area contributed by atoms with Gasteiger partial charge < -0.3 is 20.3 Å². The molecule has 0 bridgehead atoms. The number of hydrogen-bond donors (Lipinski definition) is 3. The number of aromatic hydroxyl groups is 1. The van der Waals surface area contributed by atoms with Crippen LogP contribution in [0.15, 0.2) is 42.5 Å². The summed E-state index contributed by atoms with van der Waals surface area (Å²) in [6.07, 6.45) is 0. The van der Waals surface area contributed by atoms with Crippen LogP contribution in [0, 0.1) is 0 Å². The van der Waals surface area contributed by atoms with Gasteiger partial charge in [0.15, 0.2) is 17.3 Å². The van der Waals surface area contributed by atoms with Crippen molar-refractivity contribution in [1.29, 1.82) is 0 Å². The van der Waals surface area contributed by atoms with Crippen molar-refractivity contribution in [1.82, 2.24) is 15.2 Å². The van der Waals surface area contributed by atoms with Crippen LogP contribution in [0.25, 0.3) is 11.4 Å². The predicted molar refractivity (Wildman–Crippen MR) is 93.7 cm³/mol. The first kappa shape index (κ1) is 16.8. The van der Waals surface area contributed by atoms with Crippen LogP contribution in [0.2, 0.25) is 0 Å². The summed E-state index contributed by atoms with van der Waals surface area (Å²) in [6, 6.07) is 11.8. The molecule has 0 aliphatic heterocycles. The molecule has 0 saturated heterocycles. The molecular formula is C18H20N4O3. The van der Waals surface area contributed by atoms with Crippen LogP contribution in [0.5, 0.6) is 17.2 Å². The van der Waals surface area contributed by atoms with Gasteiger partial charge in [-0.05, 0) is 36.8 Å². The number of nitrogens with two attached hydrogens (primary N) is 1. The van der Waals surface area contributed by atoms with E-state index in [2.05, 4.69) is 15.2 Å². The molecule has 7 nitrogen and oxygen atoms in total. The Labute approximate surface area is 145 Å². The fourth-order valence-corrected chi connectivity index (χ4v) is 2.50. The van der Waals surface area contributed by atoms with E-state index in [-0.39, 0.29) is 5.75 Å². The minimum Gasteiger partial charge on any atom is -0.508 e. The molecule has 0 aliphatic carbocycles. The predicted octanol–water partition coefficient (Wildman–Crippen LogP) is 2.63. The lowest BCUT2D eigenvalue weighted by Gasteiger charge is -2.13. The zero-order valence-corrected chi connectivity index (χ0v) is 14.1. The van der Waals surface area contributed by atoms with Gasteiger partial charge >= 0.3 is 0 Å². The second-order valence-electron chi connectivity index (χ2n) is 5.42. The zero-order chi connectivity index (χ0) is 17.8. The van der Waals surface area contributed by atoms with Gasteiger partial charge in [-0.1, -0.05) is 18.2 Å². The van der Waals surface area contributed by atoms with Crippen molar-refractivity contribution in [2.45, 2.75) is 13.0 Å². The molecular weight excluding hydrogens is 320 g/mol. The minimum absolute atomic E-state index is 0.157. The molecule has 3 aromatic rings. The zero-order valence-electron chi connectivity index (χ0n) is 14.1. The van der Waals surface area contributed by atoms with Gasteiger partial charge in [-0.25, -0.2) is 4.98 Å². The standard InChI is InChI=1S/C18H20N4O3/c1-3-25-14-8-7-11(10-15(14)24-2)16(19)18-20-17(21-22-18)12-5-4-6-13(23)9-12/h4-10,16,23H,3,19H2,1-2H3,(H,20,21,22)/t16-/m0/s1. The summed E-state index contributed by atoms with van der Waals surface area (Å²) in [6.45, 7) is 2.47. The minimum atomic E-state index is -0.497. The SMILES string of the molecule is CCOc1ccc([C@H](N)c2nc(-c3cccc(O)c3)n[nH]2)cc1OC. The molecule has 1 heterocycles. The summed E-state index contributed by atoms with van der Waals surface area (Å²) in [7, 11) is 1.58. The van der Waals surface area contributed by atoms with Crippen molar-refractivity contribution in [2.75, 3.05) is 13.7 Å². The van der Waals surface area contributed by atoms with Crippen LogP contribution < -0.4 is 15.2 Å². The molecule has 0 amide bonds. The van der Waals surface area contributed by atoms with E-state index in [1.165, 1.54) is 0 Å². The van der Waals surface area contributed by atoms with Crippen LogP contribution in [0.1, 0.15) is 24.4 Å². The topological polar surface area (TPSA) is 106 Å². The normalized spacial score (nSPS) is 12.0. The number of methoxy groups -OCH3 is 1. The molecule has 0 radical (unpaired) electrons. The van der Waals surface area contributed by atoms with Gasteiger partial charge in [0, 0.05) is 5.56 Å². The van der Waals surface area contributed by atoms with Crippen molar-refractivity contribution < 1.29 is 14.6 Å². The molecule has 1 aromatic heterocycles. The largest absolute Gasteiger partial charge is 0.508 e. The highest BCUT2D eigenvalue weighted by atomic mass is 16.5. The number of aromatic amines is 1. The molecule has 7 heteroatoms. The summed E-state index contributed by atoms with van der Waals surface area (Å²) in [4.78, 5) is 4.44. The number of ether oxygens (including phenoxy) is 2. The number of aromatic nitrogens is 3. The Morgan fingerprint density at radius 2 is 2.04 bits per heavy atom. The van der Waals surface area contributed by atoms with E-state index < -0.39 is 6.04 Å². The number of nitrogens with one attached hydrogen (secondary N) is 1. The number of rotatable bonds is 6. The lowest BCUT2D eigenvalue weighted by atomic mass is 10.1. The Morgan fingerprint density at radius 1 is 1.20 bits per heavy atom. The Kier molecular flexibility index (Phi) is 4.85. The van der Waals surface area contributed by atoms with Crippen LogP contribution in [0.4, 0.5) is 0 Å². The summed E-state index contributed by atoms with van der Waals surface area (Å²) in [5.74, 6) is 2.43. The molecule has 0 unspecified atom stereocenters. The molecule has 4 N–H and O–H groups in total. The molecule has 1 atom stereocenters. The van der Waals surface area contributed by atoms with Crippen molar-refractivity contribution in [3.05, 3.63) is 53.9 Å². The van der Waals surface area contributed by atoms with Gasteiger partial charge in [-0.2, -0.15) is 5.10 Å². The Morgan fingerprint density at radius 3 is 2.76 bits per heavy atom.